The van der Waals surface area contributed by atoms with Gasteiger partial charge in [0.25, 0.3) is 0 Å². The predicted octanol–water partition coefficient (Wildman–Crippen LogP) is 0.989. The van der Waals surface area contributed by atoms with Crippen LogP contribution in [-0.4, -0.2) is 205 Å². The van der Waals surface area contributed by atoms with Gasteiger partial charge in [-0.2, -0.15) is 0 Å². The van der Waals surface area contributed by atoms with Crippen LogP contribution in [0.2, 0.25) is 0 Å². The highest BCUT2D eigenvalue weighted by Crippen LogP contribution is 2.31. The maximum absolute atomic E-state index is 15.5. The van der Waals surface area contributed by atoms with Gasteiger partial charge in [0.05, 0.1) is 33.0 Å². The Balaban J connectivity index is 1.14. The van der Waals surface area contributed by atoms with Crippen molar-refractivity contribution >= 4 is 81.8 Å². The molecule has 0 radical (unpaired) electrons. The Hall–Kier alpha value is -10.3. The Morgan fingerprint density at radius 1 is 0.673 bits per heavy atom. The monoisotopic (exact) mass is 1440 g/mol. The highest BCUT2D eigenvalue weighted by molar-refractivity contribution is 6.00. The summed E-state index contributed by atoms with van der Waals surface area (Å²) < 4.78 is 31.3. The standard InChI is InChI=1S/C74H96FN13O16/c1-7-31-103-33-34-104-32-27-63(92)80-43-59-68(96)81-44(2)66(94)83-56-37-49-10-8-11-50(35-49)41-79-61(90)23-22-60(87(5)71(99)58(84-67(56)95)38-51-42-77-55-21-18-52(75)39-54(51)55)69(97)86-65(45(3)89)70(98)85-57(36-47-16-19-53(102-6)20-17-47)72(100)88-30-9-28-74(88,4)73(101)76-29-26-46-12-14-48(15-13-46)40-78-62(91)24-25-64(93)82-59/h8,10-21,35,39,42,44-45,56-60,65,77,89H,7,9,22-34,36-38,40-41,43H2,1-6H3,(H,76,101)(H,78,91)(H,79,90)(H,80,92)(H,81,96)(H,82,93)(H,83,94)(H,84,95)(H,85,98)(H,86,97)/t44-,45-,56?,57+,58+,59+,60+,65+,74+/m1/s1. The topological polar surface area (TPSA) is 395 Å². The number of aromatic nitrogens is 1. The molecule has 12 N–H and O–H groups in total. The summed E-state index contributed by atoms with van der Waals surface area (Å²) in [6.07, 6.45) is -0.717. The van der Waals surface area contributed by atoms with E-state index in [2.05, 4.69) is 58.2 Å². The predicted molar refractivity (Wildman–Crippen MR) is 379 cm³/mol. The van der Waals surface area contributed by atoms with E-state index in [0.29, 0.717) is 70.5 Å². The van der Waals surface area contributed by atoms with E-state index in [-0.39, 0.29) is 84.3 Å². The van der Waals surface area contributed by atoms with E-state index >= 15 is 23.6 Å². The molecule has 1 aromatic heterocycles. The van der Waals surface area contributed by atoms with Gasteiger partial charge < -0.3 is 87.3 Å². The molecule has 4 aliphatic heterocycles. The van der Waals surface area contributed by atoms with Crippen LogP contribution in [0, 0.1) is 5.82 Å². The Bertz CT molecular complexity index is 3870. The summed E-state index contributed by atoms with van der Waals surface area (Å²) >= 11 is 0. The van der Waals surface area contributed by atoms with Crippen LogP contribution >= 0.6 is 0 Å². The highest BCUT2D eigenvalue weighted by atomic mass is 19.1. The first kappa shape index (κ1) is 79.4. The molecule has 1 unspecified atom stereocenters. The van der Waals surface area contributed by atoms with Crippen LogP contribution < -0.4 is 57.9 Å². The lowest BCUT2D eigenvalue weighted by Gasteiger charge is -2.37. The average Bonchev–Trinajstić information content (AvgIpc) is 1.60. The van der Waals surface area contributed by atoms with Crippen molar-refractivity contribution in [2.75, 3.05) is 60.2 Å². The Morgan fingerprint density at radius 3 is 2.07 bits per heavy atom. The zero-order chi connectivity index (χ0) is 75.0. The smallest absolute Gasteiger partial charge is 0.246 e. The van der Waals surface area contributed by atoms with Crippen LogP contribution in [0.25, 0.3) is 10.9 Å². The van der Waals surface area contributed by atoms with Gasteiger partial charge in [-0.25, -0.2) is 4.39 Å². The molecule has 104 heavy (non-hydrogen) atoms. The molecule has 4 aromatic carbocycles. The van der Waals surface area contributed by atoms with Crippen molar-refractivity contribution in [3.8, 4) is 5.75 Å². The minimum atomic E-state index is -1.84. The summed E-state index contributed by atoms with van der Waals surface area (Å²) in [6.45, 7) is 7.04. The molecule has 30 heteroatoms. The Labute approximate surface area is 602 Å². The number of rotatable bonds is 16. The maximum Gasteiger partial charge on any atom is 0.246 e. The van der Waals surface area contributed by atoms with Gasteiger partial charge in [-0.05, 0) is 117 Å². The first-order chi connectivity index (χ1) is 49.8. The number of methoxy groups -OCH3 is 1. The van der Waals surface area contributed by atoms with E-state index in [0.717, 1.165) is 16.9 Å². The van der Waals surface area contributed by atoms with Gasteiger partial charge in [-0.3, -0.25) is 57.5 Å². The van der Waals surface area contributed by atoms with Gasteiger partial charge >= 0.3 is 0 Å². The number of likely N-dealkylation sites (N-methyl/N-ethyl adjacent to an activating group) is 1. The van der Waals surface area contributed by atoms with Crippen LogP contribution in [0.4, 0.5) is 4.39 Å². The number of aliphatic hydroxyl groups excluding tert-OH is 1. The second-order valence-electron chi connectivity index (χ2n) is 26.6. The van der Waals surface area contributed by atoms with Gasteiger partial charge in [0.15, 0.2) is 0 Å². The molecular formula is C74H96FN13O16. The quantitative estimate of drug-likeness (QED) is 0.0484. The van der Waals surface area contributed by atoms with E-state index in [9.17, 15) is 43.5 Å². The SMILES string of the molecule is CCCOCCOCCC(=O)NC[C@@H]1NC(=O)CCC(=O)NCc2ccc(cc2)CCNC(=O)[C@]2(C)CCCN2C(=O)[C@H](Cc2ccc(OC)cc2)NC(=O)[C@H]([C@@H](C)O)NC(=O)[C@@H]2CCC(=O)NCc3cccc(c3)CC(NC(=O)[C@@H](C)NC1=O)C(=O)N[C@@H](Cc1c[nH]c3ccc(F)cc13)C(=O)N2C. The molecule has 29 nitrogen and oxygen atoms in total. The van der Waals surface area contributed by atoms with E-state index in [1.54, 1.807) is 67.6 Å². The fourth-order valence-corrected chi connectivity index (χ4v) is 12.6. The number of hydrogen-bond donors (Lipinski definition) is 12. The van der Waals surface area contributed by atoms with Gasteiger partial charge in [0.2, 0.25) is 70.9 Å². The number of halogens is 1. The summed E-state index contributed by atoms with van der Waals surface area (Å²) in [7, 11) is 2.71. The number of ether oxygens (including phenoxy) is 3. The number of nitrogens with one attached hydrogen (secondary N) is 11. The van der Waals surface area contributed by atoms with Gasteiger partial charge in [-0.1, -0.05) is 67.6 Å². The molecule has 12 amide bonds. The lowest BCUT2D eigenvalue weighted by atomic mass is 9.95. The molecule has 4 aliphatic rings. The van der Waals surface area contributed by atoms with Crippen LogP contribution in [-0.2, 0) is 106 Å². The molecule has 560 valence electrons. The summed E-state index contributed by atoms with van der Waals surface area (Å²) in [5.41, 5.74) is 2.50. The lowest BCUT2D eigenvalue weighted by Crippen LogP contribution is -2.63. The van der Waals surface area contributed by atoms with Crippen molar-refractivity contribution < 1.29 is 81.2 Å². The van der Waals surface area contributed by atoms with Crippen molar-refractivity contribution in [1.29, 1.82) is 0 Å². The molecule has 6 bridgehead atoms. The lowest BCUT2D eigenvalue weighted by molar-refractivity contribution is -0.147. The van der Waals surface area contributed by atoms with Crippen LogP contribution in [0.1, 0.15) is 112 Å². The number of benzene rings is 4. The summed E-state index contributed by atoms with van der Waals surface area (Å²) in [5.74, 6) is -9.47. The number of nitrogens with zero attached hydrogens (tertiary/aromatic N) is 2. The molecule has 5 heterocycles. The molecule has 5 aromatic rings. The van der Waals surface area contributed by atoms with Crippen molar-refractivity contribution in [3.05, 3.63) is 136 Å². The van der Waals surface area contributed by atoms with E-state index < -0.39 is 150 Å². The van der Waals surface area contributed by atoms with Crippen molar-refractivity contribution in [3.63, 3.8) is 0 Å². The molecule has 0 aliphatic carbocycles. The van der Waals surface area contributed by atoms with Crippen LogP contribution in [0.3, 0.4) is 0 Å². The van der Waals surface area contributed by atoms with E-state index in [4.69, 9.17) is 14.2 Å². The van der Waals surface area contributed by atoms with Crippen molar-refractivity contribution in [1.82, 2.24) is 68.0 Å². The van der Waals surface area contributed by atoms with Crippen LogP contribution in [0.5, 0.6) is 5.75 Å². The summed E-state index contributed by atoms with van der Waals surface area (Å²) in [5, 5.41) is 38.9. The highest BCUT2D eigenvalue weighted by Gasteiger charge is 2.48. The summed E-state index contributed by atoms with van der Waals surface area (Å²) in [6, 6.07) is 13.4. The molecule has 1 fully saturated rings. The van der Waals surface area contributed by atoms with E-state index in [1.807, 2.05) is 19.1 Å². The molecular weight excluding hydrogens is 1350 g/mol. The molecule has 9 atom stereocenters. The summed E-state index contributed by atoms with van der Waals surface area (Å²) in [4.78, 5) is 178. The zero-order valence-corrected chi connectivity index (χ0v) is 59.5. The van der Waals surface area contributed by atoms with Crippen molar-refractivity contribution in [2.24, 2.45) is 0 Å². The van der Waals surface area contributed by atoms with Crippen LogP contribution in [0.15, 0.2) is 97.2 Å². The number of carbonyl (C=O) groups excluding carboxylic acids is 12. The Kier molecular flexibility index (Phi) is 29.2. The maximum atomic E-state index is 15.5. The first-order valence-electron chi connectivity index (χ1n) is 35.2. The van der Waals surface area contributed by atoms with E-state index in [1.165, 1.54) is 57.3 Å². The molecule has 9 rings (SSSR count). The minimum absolute atomic E-state index is 0.00682. The van der Waals surface area contributed by atoms with Crippen molar-refractivity contribution in [2.45, 2.75) is 172 Å². The number of fused-ring (bicyclic) bond motifs is 26. The zero-order valence-electron chi connectivity index (χ0n) is 59.5. The first-order valence-corrected chi connectivity index (χ1v) is 35.2. The number of H-pyrrole nitrogens is 1. The third-order valence-electron chi connectivity index (χ3n) is 18.6. The number of aromatic amines is 1. The normalized spacial score (nSPS) is 23.4. The molecule has 0 saturated carbocycles. The fourth-order valence-electron chi connectivity index (χ4n) is 12.6. The fraction of sp³-hybridized carbons (Fsp3) is 0.486. The molecule has 0 spiro atoms. The third-order valence-corrected chi connectivity index (χ3v) is 18.6. The number of hydrogen-bond acceptors (Lipinski definition) is 16. The molecule has 1 saturated heterocycles. The minimum Gasteiger partial charge on any atom is -0.497 e. The van der Waals surface area contributed by atoms with Gasteiger partial charge in [-0.15, -0.1) is 0 Å². The number of amides is 12. The van der Waals surface area contributed by atoms with Gasteiger partial charge in [0.1, 0.15) is 59.4 Å². The second kappa shape index (κ2) is 38.3. The second-order valence-corrected chi connectivity index (χ2v) is 26.6. The largest absolute Gasteiger partial charge is 0.497 e. The number of aliphatic hydroxyl groups is 1. The average molecular weight is 1440 g/mol. The van der Waals surface area contributed by atoms with Gasteiger partial charge in [0, 0.05) is 108 Å². The number of carbonyl (C=O) groups is 12. The Morgan fingerprint density at radius 2 is 1.35 bits per heavy atom. The third kappa shape index (κ3) is 22.6.